The van der Waals surface area contributed by atoms with E-state index in [0.29, 0.717) is 0 Å². The van der Waals surface area contributed by atoms with Gasteiger partial charge in [0.25, 0.3) is 16.7 Å². The molecule has 2 aliphatic heterocycles. The molecule has 2 fully saturated rings. The number of nitrogen functional groups attached to an aromatic ring is 1. The third-order valence-corrected chi connectivity index (χ3v) is 12.3. The summed E-state index contributed by atoms with van der Waals surface area (Å²) in [6, 6.07) is 0. The predicted octanol–water partition coefficient (Wildman–Crippen LogP) is -3.17. The maximum Gasteiger partial charge on any atom is 0.490 e. The molecule has 5 unspecified atom stereocenters. The van der Waals surface area contributed by atoms with Crippen LogP contribution in [-0.4, -0.2) is 121 Å². The summed E-state index contributed by atoms with van der Waals surface area (Å²) in [6.07, 6.45) is -9.47. The van der Waals surface area contributed by atoms with E-state index in [1.165, 1.54) is 36.5 Å². The lowest BCUT2D eigenvalue weighted by molar-refractivity contribution is -0.646. The molecule has 30 heteroatoms. The van der Waals surface area contributed by atoms with E-state index in [-0.39, 0.29) is 34.1 Å². The van der Waals surface area contributed by atoms with Crippen LogP contribution in [0.2, 0.25) is 0 Å². The summed E-state index contributed by atoms with van der Waals surface area (Å²) in [6.45, 7) is -0.566. The number of ether oxygens (including phenoxy) is 3. The number of aryl methyl sites for hydroxylation is 2. The van der Waals surface area contributed by atoms with Crippen molar-refractivity contribution >= 4 is 51.7 Å². The number of anilines is 1. The van der Waals surface area contributed by atoms with Gasteiger partial charge in [-0.25, -0.2) is 28.2 Å². The van der Waals surface area contributed by atoms with Crippen molar-refractivity contribution in [3.63, 3.8) is 0 Å². The van der Waals surface area contributed by atoms with Gasteiger partial charge in [-0.15, -0.1) is 0 Å². The number of phosphoric ester groups is 2. The topological polar surface area (TPSA) is 381 Å². The Morgan fingerprint density at radius 1 is 0.868 bits per heavy atom. The summed E-state index contributed by atoms with van der Waals surface area (Å²) >= 11 is 0. The molecule has 10 N–H and O–H groups in total. The SMILES string of the molecule is COC1[C@@H](O)[C@@H](COP(=O)(O)OP(=O)(O)OP(=O)(O)OC[C@H]2O[C@@H](n3cnc4c(=O)[nH]c(C)nc43)C(O)[C@H]2O)O[C@H]1n1c[n+](C)c2c(=O)[nH]c(N)nc21. The molecule has 0 saturated carbocycles. The van der Waals surface area contributed by atoms with Crippen molar-refractivity contribution in [2.24, 2.45) is 7.05 Å². The molecule has 0 bridgehead atoms. The van der Waals surface area contributed by atoms with Crippen LogP contribution < -0.4 is 21.4 Å². The molecule has 4 aromatic heterocycles. The van der Waals surface area contributed by atoms with Crippen molar-refractivity contribution < 1.29 is 80.1 Å². The number of methoxy groups -OCH3 is 1. The van der Waals surface area contributed by atoms with Crippen LogP contribution in [0, 0.1) is 6.92 Å². The monoisotopic (exact) mass is 816 g/mol. The Kier molecular flexibility index (Phi) is 10.7. The van der Waals surface area contributed by atoms with Crippen LogP contribution in [-0.2, 0) is 52.6 Å². The summed E-state index contributed by atoms with van der Waals surface area (Å²) < 4.78 is 75.5. The molecular weight excluding hydrogens is 783 g/mol. The van der Waals surface area contributed by atoms with Crippen molar-refractivity contribution in [2.75, 3.05) is 26.1 Å². The van der Waals surface area contributed by atoms with Gasteiger partial charge in [0, 0.05) is 7.11 Å². The second-order valence-corrected chi connectivity index (χ2v) is 16.3. The third-order valence-electron chi connectivity index (χ3n) is 8.03. The molecule has 2 aliphatic rings. The second-order valence-electron chi connectivity index (χ2n) is 11.7. The Balaban J connectivity index is 1.06. The molecule has 292 valence electrons. The molecule has 11 atom stereocenters. The first-order chi connectivity index (χ1) is 24.7. The van der Waals surface area contributed by atoms with E-state index < -0.39 is 96.9 Å². The normalized spacial score (nSPS) is 29.8. The summed E-state index contributed by atoms with van der Waals surface area (Å²) in [7, 11) is -14.5. The molecule has 2 saturated heterocycles. The van der Waals surface area contributed by atoms with Crippen LogP contribution in [0.25, 0.3) is 22.3 Å². The van der Waals surface area contributed by atoms with Crippen LogP contribution in [0.15, 0.2) is 22.2 Å². The zero-order chi connectivity index (χ0) is 38.8. The highest BCUT2D eigenvalue weighted by Gasteiger charge is 2.51. The van der Waals surface area contributed by atoms with Gasteiger partial charge in [-0.3, -0.25) is 28.2 Å². The van der Waals surface area contributed by atoms with Crippen molar-refractivity contribution in [3.05, 3.63) is 39.2 Å². The first kappa shape index (κ1) is 39.4. The van der Waals surface area contributed by atoms with Gasteiger partial charge >= 0.3 is 29.0 Å². The largest absolute Gasteiger partial charge is 0.490 e. The Morgan fingerprint density at radius 2 is 1.47 bits per heavy atom. The number of rotatable bonds is 13. The molecule has 0 spiro atoms. The summed E-state index contributed by atoms with van der Waals surface area (Å²) in [4.78, 5) is 71.7. The quantitative estimate of drug-likeness (QED) is 0.0475. The zero-order valence-corrected chi connectivity index (χ0v) is 30.1. The molecule has 0 aliphatic carbocycles. The van der Waals surface area contributed by atoms with Crippen molar-refractivity contribution in [3.8, 4) is 0 Å². The molecule has 6 heterocycles. The number of nitrogens with one attached hydrogen (secondary N) is 2. The minimum absolute atomic E-state index is 0.0222. The molecular formula is C23H33N9O18P3+. The van der Waals surface area contributed by atoms with E-state index in [0.717, 1.165) is 10.9 Å². The summed E-state index contributed by atoms with van der Waals surface area (Å²) in [5.74, 6) is -0.0350. The number of hydrogen-bond acceptors (Lipinski definition) is 19. The van der Waals surface area contributed by atoms with Gasteiger partial charge in [-0.1, -0.05) is 0 Å². The number of aliphatic hydroxyl groups is 3. The Hall–Kier alpha value is -3.33. The number of aromatic amines is 2. The van der Waals surface area contributed by atoms with E-state index in [1.54, 1.807) is 0 Å². The molecule has 0 aromatic carbocycles. The molecule has 6 rings (SSSR count). The van der Waals surface area contributed by atoms with Gasteiger partial charge in [0.15, 0.2) is 23.5 Å². The number of aliphatic hydroxyl groups excluding tert-OH is 3. The minimum atomic E-state index is -5.97. The Bertz CT molecular complexity index is 2300. The number of nitrogens with zero attached hydrogens (tertiary/aromatic N) is 6. The average Bonchev–Trinajstić information content (AvgIpc) is 3.77. The first-order valence-corrected chi connectivity index (χ1v) is 19.5. The number of nitrogens with two attached hydrogens (primary N) is 1. The summed E-state index contributed by atoms with van der Waals surface area (Å²) in [5.41, 5.74) is 4.46. The zero-order valence-electron chi connectivity index (χ0n) is 27.4. The van der Waals surface area contributed by atoms with Crippen molar-refractivity contribution in [1.29, 1.82) is 0 Å². The van der Waals surface area contributed by atoms with Crippen LogP contribution >= 0.6 is 23.5 Å². The van der Waals surface area contributed by atoms with Gasteiger partial charge < -0.3 is 54.9 Å². The summed E-state index contributed by atoms with van der Waals surface area (Å²) in [5, 5.41) is 31.9. The number of imidazole rings is 2. The highest BCUT2D eigenvalue weighted by molar-refractivity contribution is 7.66. The number of phosphoric acid groups is 3. The molecule has 27 nitrogen and oxygen atoms in total. The van der Waals surface area contributed by atoms with Crippen molar-refractivity contribution in [2.45, 2.75) is 56.0 Å². The first-order valence-electron chi connectivity index (χ1n) is 15.0. The van der Waals surface area contributed by atoms with Crippen LogP contribution in [0.4, 0.5) is 5.95 Å². The number of aromatic nitrogens is 8. The lowest BCUT2D eigenvalue weighted by Gasteiger charge is -2.21. The van der Waals surface area contributed by atoms with E-state index in [1.807, 2.05) is 0 Å². The van der Waals surface area contributed by atoms with Crippen LogP contribution in [0.5, 0.6) is 0 Å². The second kappa shape index (κ2) is 14.4. The van der Waals surface area contributed by atoms with Gasteiger partial charge in [0.2, 0.25) is 18.5 Å². The highest BCUT2D eigenvalue weighted by Crippen LogP contribution is 2.67. The molecule has 53 heavy (non-hydrogen) atoms. The maximum atomic E-state index is 12.6. The smallest absolute Gasteiger partial charge is 0.387 e. The highest BCUT2D eigenvalue weighted by atomic mass is 31.3. The van der Waals surface area contributed by atoms with Crippen molar-refractivity contribution in [1.82, 2.24) is 34.1 Å². The fourth-order valence-corrected chi connectivity index (χ4v) is 9.29. The standard InChI is InChI=1S/C23H32N9O18P3/c1-8-26-17-11(19(36)27-8)25-6-31(17)21-15(35)13(33)9(47-21)4-45-51(38,39)49-53(42,43)50-52(40,41)46-5-10-14(34)16(44-3)22(48-10)32-7-30(2)12-18(32)28-23(24)29-20(12)37/h6-7,9-10,13-16,21-22,33-35H,4-5H2,1-3H3,(H6-,24,26,27,28,29,36,37,38,39,40,41,42,43)/p+1/t9-,10-,13+,14+,15?,16?,21-,22-/m1/s1. The lowest BCUT2D eigenvalue weighted by Crippen LogP contribution is -2.35. The minimum Gasteiger partial charge on any atom is -0.387 e. The number of fused-ring (bicyclic) bond motifs is 2. The number of hydrogen-bond donors (Lipinski definition) is 9. The lowest BCUT2D eigenvalue weighted by atomic mass is 10.1. The fourth-order valence-electron chi connectivity index (χ4n) is 5.77. The number of H-pyrrole nitrogens is 2. The fraction of sp³-hybridized carbons (Fsp3) is 0.565. The Morgan fingerprint density at radius 3 is 2.09 bits per heavy atom. The average molecular weight is 816 g/mol. The molecule has 0 amide bonds. The van der Waals surface area contributed by atoms with E-state index in [2.05, 4.69) is 38.1 Å². The van der Waals surface area contributed by atoms with Crippen LogP contribution in [0.1, 0.15) is 18.3 Å². The van der Waals surface area contributed by atoms with Gasteiger partial charge in [0.05, 0.1) is 26.6 Å². The van der Waals surface area contributed by atoms with E-state index in [4.69, 9.17) is 24.5 Å². The van der Waals surface area contributed by atoms with Crippen LogP contribution in [0.3, 0.4) is 0 Å². The maximum absolute atomic E-state index is 12.6. The molecule has 0 radical (unpaired) electrons. The van der Waals surface area contributed by atoms with E-state index >= 15 is 0 Å². The molecule has 4 aromatic rings. The van der Waals surface area contributed by atoms with Gasteiger partial charge in [0.1, 0.15) is 36.3 Å². The third kappa shape index (κ3) is 7.92. The Labute approximate surface area is 294 Å². The van der Waals surface area contributed by atoms with Gasteiger partial charge in [-0.2, -0.15) is 18.2 Å². The van der Waals surface area contributed by atoms with Gasteiger partial charge in [-0.05, 0) is 6.92 Å². The predicted molar refractivity (Wildman–Crippen MR) is 169 cm³/mol. The van der Waals surface area contributed by atoms with E-state index in [9.17, 15) is 53.3 Å².